The standard InChI is InChI=1S/C27H37N5O/c1-20-14-22(10-11-26(20)27(28)16-29-15-25-7-3-5-13-33-25)31-18-23-8-9-24(19-31)32(23)17-21-6-2-4-12-30-21/h2,4,6,10-12,14,16,23-25,29H,3,5,7-9,13,15,17-19,28H2,1H3/b27-16-. The quantitative estimate of drug-likeness (QED) is 0.675. The van der Waals surface area contributed by atoms with Gasteiger partial charge in [0, 0.05) is 68.5 Å². The van der Waals surface area contributed by atoms with Gasteiger partial charge in [-0.1, -0.05) is 12.1 Å². The molecule has 3 atom stereocenters. The van der Waals surface area contributed by atoms with Crippen molar-refractivity contribution in [3.63, 3.8) is 0 Å². The van der Waals surface area contributed by atoms with Crippen molar-refractivity contribution >= 4 is 11.4 Å². The van der Waals surface area contributed by atoms with Gasteiger partial charge in [0.05, 0.1) is 17.5 Å². The summed E-state index contributed by atoms with van der Waals surface area (Å²) in [6.07, 6.45) is 10.3. The minimum Gasteiger partial charge on any atom is -0.397 e. The Morgan fingerprint density at radius 2 is 2.00 bits per heavy atom. The van der Waals surface area contributed by atoms with Crippen LogP contribution in [-0.4, -0.2) is 54.3 Å². The van der Waals surface area contributed by atoms with Gasteiger partial charge >= 0.3 is 0 Å². The molecule has 5 rings (SSSR count). The molecular formula is C27H37N5O. The fourth-order valence-corrected chi connectivity index (χ4v) is 5.65. The molecule has 0 aliphatic carbocycles. The summed E-state index contributed by atoms with van der Waals surface area (Å²) in [4.78, 5) is 9.78. The average molecular weight is 448 g/mol. The number of piperazine rings is 1. The number of anilines is 1. The van der Waals surface area contributed by atoms with Crippen molar-refractivity contribution in [2.75, 3.05) is 31.1 Å². The average Bonchev–Trinajstić information content (AvgIpc) is 3.06. The van der Waals surface area contributed by atoms with Gasteiger partial charge < -0.3 is 20.7 Å². The summed E-state index contributed by atoms with van der Waals surface area (Å²) in [5.74, 6) is 0. The number of nitrogens with one attached hydrogen (secondary N) is 1. The van der Waals surface area contributed by atoms with Crippen molar-refractivity contribution in [3.8, 4) is 0 Å². The maximum atomic E-state index is 6.42. The maximum Gasteiger partial charge on any atom is 0.0747 e. The van der Waals surface area contributed by atoms with Gasteiger partial charge in [-0.05, 0) is 68.9 Å². The third-order valence-corrected chi connectivity index (χ3v) is 7.47. The van der Waals surface area contributed by atoms with E-state index in [0.29, 0.717) is 18.2 Å². The predicted octanol–water partition coefficient (Wildman–Crippen LogP) is 3.66. The van der Waals surface area contributed by atoms with E-state index in [1.807, 2.05) is 18.5 Å². The smallest absolute Gasteiger partial charge is 0.0747 e. The van der Waals surface area contributed by atoms with E-state index in [9.17, 15) is 0 Å². The van der Waals surface area contributed by atoms with Crippen molar-refractivity contribution in [1.29, 1.82) is 0 Å². The van der Waals surface area contributed by atoms with E-state index in [4.69, 9.17) is 10.5 Å². The van der Waals surface area contributed by atoms with Gasteiger partial charge in [0.15, 0.2) is 0 Å². The van der Waals surface area contributed by atoms with Crippen LogP contribution >= 0.6 is 0 Å². The van der Waals surface area contributed by atoms with Gasteiger partial charge in [0.2, 0.25) is 0 Å². The molecular weight excluding hydrogens is 410 g/mol. The highest BCUT2D eigenvalue weighted by molar-refractivity contribution is 5.68. The van der Waals surface area contributed by atoms with E-state index in [1.165, 1.54) is 42.6 Å². The zero-order chi connectivity index (χ0) is 22.6. The first-order chi connectivity index (χ1) is 16.2. The van der Waals surface area contributed by atoms with Crippen LogP contribution in [0.15, 0.2) is 48.8 Å². The first-order valence-corrected chi connectivity index (χ1v) is 12.5. The van der Waals surface area contributed by atoms with Gasteiger partial charge in [-0.25, -0.2) is 0 Å². The maximum absolute atomic E-state index is 6.42. The first kappa shape index (κ1) is 22.2. The highest BCUT2D eigenvalue weighted by Gasteiger charge is 2.40. The molecule has 2 aromatic rings. The van der Waals surface area contributed by atoms with Crippen molar-refractivity contribution in [3.05, 3.63) is 65.6 Å². The molecule has 6 nitrogen and oxygen atoms in total. The predicted molar refractivity (Wildman–Crippen MR) is 134 cm³/mol. The SMILES string of the molecule is Cc1cc(N2CC3CCC(C2)N3Cc2ccccn2)ccc1/C(N)=C/NCC1CCCCO1. The summed E-state index contributed by atoms with van der Waals surface area (Å²) < 4.78 is 5.79. The molecule has 2 bridgehead atoms. The van der Waals surface area contributed by atoms with E-state index in [-0.39, 0.29) is 0 Å². The van der Waals surface area contributed by atoms with Crippen LogP contribution in [-0.2, 0) is 11.3 Å². The van der Waals surface area contributed by atoms with Crippen LogP contribution in [0, 0.1) is 6.92 Å². The van der Waals surface area contributed by atoms with Crippen LogP contribution in [0.1, 0.15) is 48.9 Å². The molecule has 176 valence electrons. The Balaban J connectivity index is 1.20. The molecule has 3 saturated heterocycles. The van der Waals surface area contributed by atoms with E-state index < -0.39 is 0 Å². The highest BCUT2D eigenvalue weighted by Crippen LogP contribution is 2.34. The zero-order valence-corrected chi connectivity index (χ0v) is 19.7. The monoisotopic (exact) mass is 447 g/mol. The second kappa shape index (κ2) is 10.1. The summed E-state index contributed by atoms with van der Waals surface area (Å²) in [6.45, 7) is 6.99. The van der Waals surface area contributed by atoms with Gasteiger partial charge in [-0.15, -0.1) is 0 Å². The Morgan fingerprint density at radius 3 is 2.70 bits per heavy atom. The van der Waals surface area contributed by atoms with Crippen molar-refractivity contribution in [2.45, 2.75) is 63.8 Å². The zero-order valence-electron chi connectivity index (χ0n) is 19.7. The minimum absolute atomic E-state index is 0.304. The Hall–Kier alpha value is -2.57. The van der Waals surface area contributed by atoms with Crippen LogP contribution in [0.4, 0.5) is 5.69 Å². The third-order valence-electron chi connectivity index (χ3n) is 7.47. The molecule has 0 radical (unpaired) electrons. The summed E-state index contributed by atoms with van der Waals surface area (Å²) in [5, 5.41) is 3.37. The normalized spacial score (nSPS) is 25.9. The number of aromatic nitrogens is 1. The molecule has 4 heterocycles. The lowest BCUT2D eigenvalue weighted by atomic mass is 10.0. The first-order valence-electron chi connectivity index (χ1n) is 12.5. The lowest BCUT2D eigenvalue weighted by Gasteiger charge is -2.42. The molecule has 3 fully saturated rings. The number of pyridine rings is 1. The Bertz CT molecular complexity index is 942. The second-order valence-corrected chi connectivity index (χ2v) is 9.78. The molecule has 33 heavy (non-hydrogen) atoms. The van der Waals surface area contributed by atoms with Crippen molar-refractivity contribution in [1.82, 2.24) is 15.2 Å². The Kier molecular flexibility index (Phi) is 6.83. The number of aryl methyl sites for hydroxylation is 1. The summed E-state index contributed by atoms with van der Waals surface area (Å²) in [5.41, 5.74) is 12.0. The topological polar surface area (TPSA) is 66.7 Å². The summed E-state index contributed by atoms with van der Waals surface area (Å²) >= 11 is 0. The fourth-order valence-electron chi connectivity index (χ4n) is 5.65. The van der Waals surface area contributed by atoms with Crippen LogP contribution in [0.25, 0.3) is 5.70 Å². The van der Waals surface area contributed by atoms with E-state index in [2.05, 4.69) is 57.4 Å². The molecule has 0 amide bonds. The molecule has 3 aliphatic rings. The number of rotatable bonds is 7. The lowest BCUT2D eigenvalue weighted by Crippen LogP contribution is -2.53. The van der Waals surface area contributed by atoms with Crippen molar-refractivity contribution < 1.29 is 4.74 Å². The van der Waals surface area contributed by atoms with E-state index >= 15 is 0 Å². The Labute approximate surface area is 197 Å². The molecule has 3 N–H and O–H groups in total. The number of fused-ring (bicyclic) bond motifs is 2. The largest absolute Gasteiger partial charge is 0.397 e. The van der Waals surface area contributed by atoms with Gasteiger partial charge in [0.25, 0.3) is 0 Å². The van der Waals surface area contributed by atoms with E-state index in [0.717, 1.165) is 50.5 Å². The molecule has 3 unspecified atom stereocenters. The van der Waals surface area contributed by atoms with Gasteiger partial charge in [0.1, 0.15) is 0 Å². The van der Waals surface area contributed by atoms with E-state index in [1.54, 1.807) is 0 Å². The summed E-state index contributed by atoms with van der Waals surface area (Å²) in [6, 6.07) is 14.1. The number of ether oxygens (including phenoxy) is 1. The third kappa shape index (κ3) is 5.17. The molecule has 1 aromatic carbocycles. The number of nitrogens with zero attached hydrogens (tertiary/aromatic N) is 3. The second-order valence-electron chi connectivity index (χ2n) is 9.78. The van der Waals surface area contributed by atoms with Crippen LogP contribution in [0.3, 0.4) is 0 Å². The highest BCUT2D eigenvalue weighted by atomic mass is 16.5. The summed E-state index contributed by atoms with van der Waals surface area (Å²) in [7, 11) is 0. The molecule has 1 aromatic heterocycles. The molecule has 6 heteroatoms. The number of hydrogen-bond donors (Lipinski definition) is 2. The van der Waals surface area contributed by atoms with Crippen LogP contribution < -0.4 is 16.0 Å². The van der Waals surface area contributed by atoms with Gasteiger partial charge in [-0.2, -0.15) is 0 Å². The van der Waals surface area contributed by atoms with Crippen molar-refractivity contribution in [2.24, 2.45) is 5.73 Å². The number of hydrogen-bond acceptors (Lipinski definition) is 6. The molecule has 0 spiro atoms. The molecule has 3 aliphatic heterocycles. The lowest BCUT2D eigenvalue weighted by molar-refractivity contribution is 0.0188. The molecule has 0 saturated carbocycles. The fraction of sp³-hybridized carbons (Fsp3) is 0.519. The van der Waals surface area contributed by atoms with Gasteiger partial charge in [-0.3, -0.25) is 9.88 Å². The Morgan fingerprint density at radius 1 is 1.15 bits per heavy atom. The minimum atomic E-state index is 0.304. The van der Waals surface area contributed by atoms with Crippen LogP contribution in [0.5, 0.6) is 0 Å². The number of nitrogens with two attached hydrogens (primary N) is 1. The van der Waals surface area contributed by atoms with Crippen LogP contribution in [0.2, 0.25) is 0 Å². The number of benzene rings is 1.